The third kappa shape index (κ3) is 1.35. The fourth-order valence-corrected chi connectivity index (χ4v) is 2.02. The first kappa shape index (κ1) is 9.08. The normalized spacial score (nSPS) is 10.6. The van der Waals surface area contributed by atoms with E-state index < -0.39 is 0 Å². The number of hydrogen-bond acceptors (Lipinski definition) is 4. The van der Waals surface area contributed by atoms with Crippen molar-refractivity contribution in [2.45, 2.75) is 13.3 Å². The van der Waals surface area contributed by atoms with Gasteiger partial charge < -0.3 is 4.98 Å². The van der Waals surface area contributed by atoms with Gasteiger partial charge in [-0.25, -0.2) is 4.98 Å². The van der Waals surface area contributed by atoms with E-state index in [-0.39, 0.29) is 5.56 Å². The van der Waals surface area contributed by atoms with Gasteiger partial charge in [-0.2, -0.15) is 0 Å². The molecule has 0 atom stereocenters. The van der Waals surface area contributed by atoms with Crippen LogP contribution in [0.25, 0.3) is 10.3 Å². The highest BCUT2D eigenvalue weighted by atomic mass is 32.1. The molecule has 2 aromatic rings. The zero-order chi connectivity index (χ0) is 10.1. The Morgan fingerprint density at radius 1 is 1.64 bits per heavy atom. The summed E-state index contributed by atoms with van der Waals surface area (Å²) in [5, 5.41) is 0.393. The van der Waals surface area contributed by atoms with E-state index in [9.17, 15) is 9.59 Å². The minimum absolute atomic E-state index is 0.0962. The van der Waals surface area contributed by atoms with Crippen LogP contribution in [0.5, 0.6) is 0 Å². The van der Waals surface area contributed by atoms with Crippen molar-refractivity contribution in [3.8, 4) is 0 Å². The number of rotatable bonds is 2. The lowest BCUT2D eigenvalue weighted by molar-refractivity contribution is 0.112. The number of thiazole rings is 1. The summed E-state index contributed by atoms with van der Waals surface area (Å²) in [7, 11) is 0. The second kappa shape index (κ2) is 3.34. The summed E-state index contributed by atoms with van der Waals surface area (Å²) in [6.45, 7) is 1.91. The molecule has 0 bridgehead atoms. The van der Waals surface area contributed by atoms with Crippen LogP contribution in [0.3, 0.4) is 0 Å². The van der Waals surface area contributed by atoms with Gasteiger partial charge in [0.2, 0.25) is 0 Å². The number of aryl methyl sites for hydroxylation is 1. The maximum Gasteiger partial charge on any atom is 0.252 e. The van der Waals surface area contributed by atoms with Crippen molar-refractivity contribution in [1.82, 2.24) is 9.97 Å². The average Bonchev–Trinajstić information content (AvgIpc) is 2.58. The molecule has 0 aliphatic rings. The number of hydrogen-bond donors (Lipinski definition) is 1. The topological polar surface area (TPSA) is 62.8 Å². The Kier molecular flexibility index (Phi) is 2.17. The largest absolute Gasteiger partial charge is 0.312 e. The molecule has 2 aromatic heterocycles. The number of H-pyrrole nitrogens is 1. The number of fused-ring (bicyclic) bond motifs is 1. The molecule has 2 heterocycles. The van der Waals surface area contributed by atoms with Crippen molar-refractivity contribution in [3.63, 3.8) is 0 Å². The Balaban J connectivity index is 2.76. The Hall–Kier alpha value is -1.49. The highest BCUT2D eigenvalue weighted by Crippen LogP contribution is 2.17. The van der Waals surface area contributed by atoms with Gasteiger partial charge in [0.1, 0.15) is 4.83 Å². The summed E-state index contributed by atoms with van der Waals surface area (Å²) in [5.41, 5.74) is 1.29. The van der Waals surface area contributed by atoms with E-state index in [4.69, 9.17) is 0 Å². The van der Waals surface area contributed by atoms with Crippen LogP contribution in [-0.2, 0) is 6.42 Å². The first-order chi connectivity index (χ1) is 6.74. The minimum Gasteiger partial charge on any atom is -0.312 e. The maximum absolute atomic E-state index is 11.4. The van der Waals surface area contributed by atoms with Gasteiger partial charge in [0.25, 0.3) is 5.56 Å². The standard InChI is InChI=1S/C9H8N2O2S/c1-2-5-3-6-9(11-8(5)13)14-7(4-12)10-6/h3-4H,2H2,1H3,(H,11,13). The first-order valence-electron chi connectivity index (χ1n) is 4.22. The Morgan fingerprint density at radius 3 is 3.07 bits per heavy atom. The van der Waals surface area contributed by atoms with Crippen molar-refractivity contribution in [2.75, 3.05) is 0 Å². The number of nitrogens with one attached hydrogen (secondary N) is 1. The van der Waals surface area contributed by atoms with Crippen molar-refractivity contribution in [3.05, 3.63) is 27.0 Å². The molecule has 1 N–H and O–H groups in total. The zero-order valence-electron chi connectivity index (χ0n) is 7.53. The second-order valence-electron chi connectivity index (χ2n) is 2.86. The number of aldehydes is 1. The molecule has 4 nitrogen and oxygen atoms in total. The number of carbonyl (C=O) groups is 1. The van der Waals surface area contributed by atoms with Crippen LogP contribution in [0, 0.1) is 0 Å². The van der Waals surface area contributed by atoms with Crippen LogP contribution in [0.4, 0.5) is 0 Å². The Morgan fingerprint density at radius 2 is 2.43 bits per heavy atom. The monoisotopic (exact) mass is 208 g/mol. The van der Waals surface area contributed by atoms with Crippen LogP contribution in [-0.4, -0.2) is 16.3 Å². The number of carbonyl (C=O) groups excluding carboxylic acids is 1. The molecule has 0 amide bonds. The van der Waals surface area contributed by atoms with Gasteiger partial charge in [0.15, 0.2) is 11.3 Å². The Bertz CT molecular complexity index is 541. The van der Waals surface area contributed by atoms with Crippen molar-refractivity contribution < 1.29 is 4.79 Å². The van der Waals surface area contributed by atoms with Gasteiger partial charge in [-0.1, -0.05) is 18.3 Å². The molecule has 0 fully saturated rings. The molecule has 14 heavy (non-hydrogen) atoms. The van der Waals surface area contributed by atoms with Crippen LogP contribution in [0.2, 0.25) is 0 Å². The molecular formula is C9H8N2O2S. The summed E-state index contributed by atoms with van der Waals surface area (Å²) in [6.07, 6.45) is 1.35. The van der Waals surface area contributed by atoms with Gasteiger partial charge in [-0.15, -0.1) is 0 Å². The molecular weight excluding hydrogens is 200 g/mol. The average molecular weight is 208 g/mol. The van der Waals surface area contributed by atoms with E-state index >= 15 is 0 Å². The second-order valence-corrected chi connectivity index (χ2v) is 3.89. The summed E-state index contributed by atoms with van der Waals surface area (Å²) >= 11 is 1.20. The summed E-state index contributed by atoms with van der Waals surface area (Å²) in [4.78, 5) is 29.3. The number of aromatic nitrogens is 2. The maximum atomic E-state index is 11.4. The van der Waals surface area contributed by atoms with Crippen LogP contribution in [0.1, 0.15) is 22.3 Å². The van der Waals surface area contributed by atoms with E-state index in [0.29, 0.717) is 33.6 Å². The molecule has 0 saturated heterocycles. The molecule has 5 heteroatoms. The predicted molar refractivity (Wildman–Crippen MR) is 55.0 cm³/mol. The summed E-state index contributed by atoms with van der Waals surface area (Å²) in [5.74, 6) is 0. The molecule has 0 aliphatic heterocycles. The molecule has 0 spiro atoms. The third-order valence-corrected chi connectivity index (χ3v) is 2.89. The Labute approximate surface area is 83.6 Å². The third-order valence-electron chi connectivity index (χ3n) is 1.98. The lowest BCUT2D eigenvalue weighted by atomic mass is 10.2. The van der Waals surface area contributed by atoms with Gasteiger partial charge >= 0.3 is 0 Å². The van der Waals surface area contributed by atoms with E-state index in [1.165, 1.54) is 11.3 Å². The SMILES string of the molecule is CCc1cc2nc(C=O)sc2[nH]c1=O. The molecule has 0 aromatic carbocycles. The fourth-order valence-electron chi connectivity index (χ4n) is 1.26. The van der Waals surface area contributed by atoms with E-state index in [0.717, 1.165) is 0 Å². The lowest BCUT2D eigenvalue weighted by Crippen LogP contribution is -2.10. The van der Waals surface area contributed by atoms with Gasteiger partial charge in [0, 0.05) is 5.56 Å². The van der Waals surface area contributed by atoms with Crippen LogP contribution >= 0.6 is 11.3 Å². The summed E-state index contributed by atoms with van der Waals surface area (Å²) < 4.78 is 0. The van der Waals surface area contributed by atoms with Gasteiger partial charge in [-0.05, 0) is 12.5 Å². The van der Waals surface area contributed by atoms with Crippen LogP contribution in [0.15, 0.2) is 10.9 Å². The van der Waals surface area contributed by atoms with E-state index in [1.54, 1.807) is 6.07 Å². The number of nitrogens with zero attached hydrogens (tertiary/aromatic N) is 1. The van der Waals surface area contributed by atoms with Crippen molar-refractivity contribution >= 4 is 28.0 Å². The molecule has 0 unspecified atom stereocenters. The van der Waals surface area contributed by atoms with E-state index in [1.807, 2.05) is 6.92 Å². The smallest absolute Gasteiger partial charge is 0.252 e. The molecule has 0 saturated carbocycles. The summed E-state index contributed by atoms with van der Waals surface area (Å²) in [6, 6.07) is 1.73. The van der Waals surface area contributed by atoms with Crippen LogP contribution < -0.4 is 5.56 Å². The highest BCUT2D eigenvalue weighted by molar-refractivity contribution is 7.19. The minimum atomic E-state index is -0.0962. The molecule has 0 radical (unpaired) electrons. The molecule has 0 aliphatic carbocycles. The van der Waals surface area contributed by atoms with E-state index in [2.05, 4.69) is 9.97 Å². The lowest BCUT2D eigenvalue weighted by Gasteiger charge is -1.93. The van der Waals surface area contributed by atoms with Crippen molar-refractivity contribution in [1.29, 1.82) is 0 Å². The van der Waals surface area contributed by atoms with Gasteiger partial charge in [0.05, 0.1) is 5.52 Å². The number of pyridine rings is 1. The number of aromatic amines is 1. The van der Waals surface area contributed by atoms with Gasteiger partial charge in [-0.3, -0.25) is 9.59 Å². The predicted octanol–water partition coefficient (Wildman–Crippen LogP) is 1.36. The van der Waals surface area contributed by atoms with Crippen molar-refractivity contribution in [2.24, 2.45) is 0 Å². The molecule has 2 rings (SSSR count). The molecule has 72 valence electrons. The zero-order valence-corrected chi connectivity index (χ0v) is 8.35. The fraction of sp³-hybridized carbons (Fsp3) is 0.222. The quantitative estimate of drug-likeness (QED) is 0.758. The first-order valence-corrected chi connectivity index (χ1v) is 5.04. The highest BCUT2D eigenvalue weighted by Gasteiger charge is 2.06.